The number of rotatable bonds is 18. The smallest absolute Gasteiger partial charge is 0.416 e. The van der Waals surface area contributed by atoms with Gasteiger partial charge >= 0.3 is 36.1 Å². The Morgan fingerprint density at radius 1 is 0.713 bits per heavy atom. The van der Waals surface area contributed by atoms with Crippen LogP contribution in [0.3, 0.4) is 0 Å². The fourth-order valence-corrected chi connectivity index (χ4v) is 9.91. The van der Waals surface area contributed by atoms with Crippen LogP contribution in [0.2, 0.25) is 5.02 Å². The number of hydrogen-bond acceptors (Lipinski definition) is 21. The number of hydrogen-bond donors (Lipinski definition) is 4. The van der Waals surface area contributed by atoms with E-state index in [1.165, 1.54) is 83.7 Å². The zero-order valence-electron chi connectivity index (χ0n) is 42.0. The fraction of sp³-hybridized carbons (Fsp3) is 0.273. The molecule has 0 spiro atoms. The van der Waals surface area contributed by atoms with Crippen molar-refractivity contribution in [1.82, 2.24) is 39.3 Å². The quantitative estimate of drug-likeness (QED) is 0.0361. The van der Waals surface area contributed by atoms with Crippen molar-refractivity contribution < 1.29 is 89.8 Å². The van der Waals surface area contributed by atoms with E-state index in [4.69, 9.17) is 35.3 Å². The number of sulfonamides is 2. The van der Waals surface area contributed by atoms with Crippen molar-refractivity contribution in [2.24, 2.45) is 0 Å². The number of nitrogens with one attached hydrogen (secondary N) is 4. The number of nitro benzene ring substituents is 1. The molecular weight excluding hydrogens is 1170 g/mol. The summed E-state index contributed by atoms with van der Waals surface area (Å²) in [5.41, 5.74) is -1.22. The maximum atomic E-state index is 12.6. The topological polar surface area (TPSA) is 351 Å². The lowest BCUT2D eigenvalue weighted by atomic mass is 10.1. The van der Waals surface area contributed by atoms with E-state index in [0.717, 1.165) is 36.5 Å². The van der Waals surface area contributed by atoms with Crippen LogP contribution in [0.15, 0.2) is 99.9 Å². The number of ether oxygens (including phenoxy) is 5. The predicted octanol–water partition coefficient (Wildman–Crippen LogP) is 7.84. The molecule has 0 fully saturated rings. The van der Waals surface area contributed by atoms with Gasteiger partial charge in [-0.3, -0.25) is 20.7 Å². The summed E-state index contributed by atoms with van der Waals surface area (Å²) < 4.78 is 178. The number of aryl methyl sites for hydroxylation is 2. The summed E-state index contributed by atoms with van der Waals surface area (Å²) in [6.45, 7) is 4.71. The third kappa shape index (κ3) is 18.9. The number of urea groups is 2. The van der Waals surface area contributed by atoms with Crippen LogP contribution in [-0.2, 0) is 42.5 Å². The Labute approximate surface area is 455 Å². The molecule has 4 amide bonds. The minimum absolute atomic E-state index is 0.0111. The summed E-state index contributed by atoms with van der Waals surface area (Å²) in [6.07, 6.45) is -9.62. The molecule has 0 bridgehead atoms. The molecule has 0 aliphatic carbocycles. The lowest BCUT2D eigenvalue weighted by Gasteiger charge is -2.13. The first kappa shape index (κ1) is 64.1. The van der Waals surface area contributed by atoms with Crippen LogP contribution < -0.4 is 43.8 Å². The Morgan fingerprint density at radius 2 is 1.31 bits per heavy atom. The van der Waals surface area contributed by atoms with Crippen molar-refractivity contribution in [3.8, 4) is 35.0 Å². The van der Waals surface area contributed by atoms with Gasteiger partial charge < -0.3 is 23.7 Å². The van der Waals surface area contributed by atoms with Gasteiger partial charge in [0.05, 0.1) is 60.2 Å². The number of amides is 4. The van der Waals surface area contributed by atoms with Gasteiger partial charge in [-0.2, -0.15) is 59.7 Å². The Hall–Kier alpha value is -8.44. The van der Waals surface area contributed by atoms with Crippen molar-refractivity contribution in [2.75, 3.05) is 44.3 Å². The minimum atomic E-state index is -4.61. The molecule has 3 heterocycles. The zero-order valence-corrected chi connectivity index (χ0v) is 45.2. The number of carbonyl (C=O) groups is 2. The van der Waals surface area contributed by atoms with E-state index in [1.807, 2.05) is 0 Å². The molecule has 0 aliphatic rings. The van der Waals surface area contributed by atoms with Crippen molar-refractivity contribution in [3.05, 3.63) is 117 Å². The van der Waals surface area contributed by atoms with Gasteiger partial charge in [0.15, 0.2) is 14.9 Å². The number of halogens is 7. The first-order valence-corrected chi connectivity index (χ1v) is 27.0. The molecular formula is C44H44ClF6N11O15S3. The number of methoxy groups -OCH3 is 3. The van der Waals surface area contributed by atoms with E-state index in [9.17, 15) is 71.3 Å². The van der Waals surface area contributed by atoms with Gasteiger partial charge in [-0.1, -0.05) is 36.7 Å². The van der Waals surface area contributed by atoms with E-state index >= 15 is 0 Å². The fourth-order valence-electron chi connectivity index (χ4n) is 5.96. The molecule has 3 aromatic heterocycles. The zero-order chi connectivity index (χ0) is 59.8. The number of anilines is 2. The average molecular weight is 1210 g/mol. The number of alkyl halides is 6. The second-order valence-corrected chi connectivity index (χ2v) is 21.0. The van der Waals surface area contributed by atoms with Gasteiger partial charge in [-0.15, -0.1) is 0 Å². The Bertz CT molecular complexity index is 3530. The SMILES string of the molecule is CCOc1cc(Oc2ccc(C(F)(F)F)cc2Cl)ccc1[N+](=O)[O-].CCS(=O)(=O)c1cccnc1S(=O)(=O)NC(=O)Nc1nc(OC)cc(OC)n1.COc1nc(C)nc(NC(=O)NS(=O)(=O)c2ccccc2CCC(F)(F)F)n1. The second-order valence-electron chi connectivity index (χ2n) is 15.1. The summed E-state index contributed by atoms with van der Waals surface area (Å²) in [5, 5.41) is 14.1. The second kappa shape index (κ2) is 27.4. The van der Waals surface area contributed by atoms with E-state index < -0.39 is 92.4 Å². The van der Waals surface area contributed by atoms with Crippen LogP contribution in [0.5, 0.6) is 35.0 Å². The Balaban J connectivity index is 0.000000259. The van der Waals surface area contributed by atoms with Crippen LogP contribution in [0, 0.1) is 17.0 Å². The van der Waals surface area contributed by atoms with Crippen molar-refractivity contribution >= 4 is 71.1 Å². The molecule has 0 atom stereocenters. The van der Waals surface area contributed by atoms with Gasteiger partial charge in [-0.25, -0.2) is 40.9 Å². The van der Waals surface area contributed by atoms with Crippen LogP contribution in [-0.4, -0.2) is 112 Å². The minimum Gasteiger partial charge on any atom is -0.487 e. The number of benzene rings is 3. The third-order valence-electron chi connectivity index (χ3n) is 9.47. The molecule has 432 valence electrons. The largest absolute Gasteiger partial charge is 0.487 e. The predicted molar refractivity (Wildman–Crippen MR) is 269 cm³/mol. The number of pyridine rings is 1. The lowest BCUT2D eigenvalue weighted by Crippen LogP contribution is -2.36. The number of aromatic nitrogens is 6. The highest BCUT2D eigenvalue weighted by Crippen LogP contribution is 2.39. The van der Waals surface area contributed by atoms with E-state index in [0.29, 0.717) is 0 Å². The highest BCUT2D eigenvalue weighted by molar-refractivity contribution is 7.93. The van der Waals surface area contributed by atoms with E-state index in [1.54, 1.807) is 16.4 Å². The van der Waals surface area contributed by atoms with Crippen molar-refractivity contribution in [3.63, 3.8) is 0 Å². The highest BCUT2D eigenvalue weighted by atomic mass is 35.5. The molecule has 0 aliphatic heterocycles. The summed E-state index contributed by atoms with van der Waals surface area (Å²) in [5.74, 6) is -0.451. The molecule has 0 saturated heterocycles. The molecule has 80 heavy (non-hydrogen) atoms. The Kier molecular flexibility index (Phi) is 22.0. The molecule has 0 unspecified atom stereocenters. The molecule has 4 N–H and O–H groups in total. The van der Waals surface area contributed by atoms with Crippen LogP contribution in [0.1, 0.15) is 37.2 Å². The first-order chi connectivity index (χ1) is 37.3. The number of sulfone groups is 1. The van der Waals surface area contributed by atoms with Crippen molar-refractivity contribution in [1.29, 1.82) is 0 Å². The summed E-state index contributed by atoms with van der Waals surface area (Å²) in [7, 11) is -8.99. The van der Waals surface area contributed by atoms with E-state index in [2.05, 4.69) is 40.5 Å². The van der Waals surface area contributed by atoms with Gasteiger partial charge in [0.2, 0.25) is 29.4 Å². The normalized spacial score (nSPS) is 11.5. The van der Waals surface area contributed by atoms with Gasteiger partial charge in [-0.05, 0) is 68.3 Å². The third-order valence-corrected chi connectivity index (χ3v) is 14.4. The molecule has 6 rings (SSSR count). The molecule has 0 saturated carbocycles. The number of nitrogens with zero attached hydrogens (tertiary/aromatic N) is 7. The summed E-state index contributed by atoms with van der Waals surface area (Å²) in [4.78, 5) is 56.0. The monoisotopic (exact) mass is 1210 g/mol. The maximum absolute atomic E-state index is 12.6. The molecule has 0 radical (unpaired) electrons. The Morgan fingerprint density at radius 3 is 1.86 bits per heavy atom. The average Bonchev–Trinajstić information content (AvgIpc) is 3.38. The van der Waals surface area contributed by atoms with E-state index in [-0.39, 0.29) is 81.4 Å². The van der Waals surface area contributed by atoms with Gasteiger partial charge in [0.1, 0.15) is 22.2 Å². The number of carbonyl (C=O) groups excluding carboxylic acids is 2. The van der Waals surface area contributed by atoms with Crippen LogP contribution in [0.25, 0.3) is 0 Å². The maximum Gasteiger partial charge on any atom is 0.416 e. The molecule has 3 aromatic carbocycles. The summed E-state index contributed by atoms with van der Waals surface area (Å²) in [6, 6.07) is 12.7. The lowest BCUT2D eigenvalue weighted by molar-refractivity contribution is -0.385. The first-order valence-electron chi connectivity index (χ1n) is 22.0. The highest BCUT2D eigenvalue weighted by Gasteiger charge is 2.32. The number of nitro groups is 1. The van der Waals surface area contributed by atoms with Crippen molar-refractivity contribution in [2.45, 2.75) is 60.8 Å². The molecule has 36 heteroatoms. The molecule has 6 aromatic rings. The standard InChI is InChI=1S/C15H11ClF3NO4.C15H16F3N5O4S.C14H17N5O7S2/c1-2-23-14-8-10(4-5-12(14)20(21)22)24-13-6-3-9(7-11(13)16)15(17,18)19;1-9-19-12(22-14(20-9)27-2)21-13(24)23-28(25,26)11-6-4-3-5-10(11)7-8-15(16,17)18;1-4-27(21,22)9-6-5-7-15-12(9)28(23,24)19-14(20)18-13-16-10(25-2)8-11(17-13)26-3/h3-8H,2H2,1H3;3-6H,7-8H2,1-2H3,(H2,19,20,21,22,23,24);5-8H,4H2,1-3H3,(H2,16,17,18,19,20). The summed E-state index contributed by atoms with van der Waals surface area (Å²) >= 11 is 5.80. The van der Waals surface area contributed by atoms with Crippen LogP contribution >= 0.6 is 11.6 Å². The van der Waals surface area contributed by atoms with Crippen LogP contribution in [0.4, 0.5) is 53.5 Å². The molecule has 26 nitrogen and oxygen atoms in total. The van der Waals surface area contributed by atoms with Gasteiger partial charge in [0.25, 0.3) is 20.0 Å². The van der Waals surface area contributed by atoms with Gasteiger partial charge in [0, 0.05) is 24.8 Å².